The van der Waals surface area contributed by atoms with Crippen LogP contribution >= 0.6 is 0 Å². The van der Waals surface area contributed by atoms with Gasteiger partial charge < -0.3 is 15.2 Å². The van der Waals surface area contributed by atoms with Gasteiger partial charge in [0.1, 0.15) is 0 Å². The summed E-state index contributed by atoms with van der Waals surface area (Å²) in [5.41, 5.74) is 2.58. The molecule has 3 aromatic rings. The van der Waals surface area contributed by atoms with Gasteiger partial charge in [-0.1, -0.05) is 12.5 Å². The van der Waals surface area contributed by atoms with Crippen molar-refractivity contribution in [3.8, 4) is 0 Å². The van der Waals surface area contributed by atoms with E-state index in [9.17, 15) is 9.59 Å². The number of carbonyl (C=O) groups excluding carboxylic acids is 2. The molecule has 0 saturated heterocycles. The van der Waals surface area contributed by atoms with Gasteiger partial charge in [-0.05, 0) is 49.4 Å². The molecule has 1 fully saturated rings. The molecule has 4 rings (SSSR count). The highest BCUT2D eigenvalue weighted by Gasteiger charge is 2.24. The summed E-state index contributed by atoms with van der Waals surface area (Å²) in [5.74, 6) is 0.354. The molecule has 1 aromatic carbocycles. The van der Waals surface area contributed by atoms with Crippen molar-refractivity contribution in [2.24, 2.45) is 13.0 Å². The minimum atomic E-state index is -0.0350. The van der Waals surface area contributed by atoms with Crippen LogP contribution in [0.25, 0.3) is 10.9 Å². The first-order valence-corrected chi connectivity index (χ1v) is 10.2. The number of hydrogen-bond acceptors (Lipinski definition) is 3. The maximum absolute atomic E-state index is 12.7. The van der Waals surface area contributed by atoms with Crippen molar-refractivity contribution < 1.29 is 9.59 Å². The Bertz CT molecular complexity index is 992. The van der Waals surface area contributed by atoms with Crippen LogP contribution in [0.5, 0.6) is 0 Å². The Morgan fingerprint density at radius 2 is 2.14 bits per heavy atom. The molecule has 0 radical (unpaired) electrons. The fourth-order valence-electron chi connectivity index (χ4n) is 4.27. The van der Waals surface area contributed by atoms with E-state index < -0.39 is 0 Å². The largest absolute Gasteiger partial charge is 0.353 e. The molecule has 0 bridgehead atoms. The molecular formula is C22H27N5O2. The van der Waals surface area contributed by atoms with Crippen molar-refractivity contribution in [3.63, 3.8) is 0 Å². The van der Waals surface area contributed by atoms with Crippen molar-refractivity contribution in [1.82, 2.24) is 25.4 Å². The summed E-state index contributed by atoms with van der Waals surface area (Å²) in [7, 11) is 1.98. The molecule has 0 unspecified atom stereocenters. The predicted octanol–water partition coefficient (Wildman–Crippen LogP) is 2.55. The van der Waals surface area contributed by atoms with E-state index in [1.54, 1.807) is 6.20 Å². The van der Waals surface area contributed by atoms with Crippen LogP contribution < -0.4 is 10.6 Å². The standard InChI is InChI=1S/C22H27N5O2/c1-27-11-9-18-19(6-3-7-20(18)27)22(29)23-14-15-4-2-5-16(12-15)25-21(28)13-17-8-10-24-26-17/h3,6-11,15-16H,2,4-5,12-14H2,1H3,(H,23,29)(H,24,26)(H,25,28)/t15-,16+/m1/s1. The molecule has 29 heavy (non-hydrogen) atoms. The molecule has 2 atom stereocenters. The first-order valence-electron chi connectivity index (χ1n) is 10.2. The van der Waals surface area contributed by atoms with Crippen LogP contribution in [0, 0.1) is 5.92 Å². The summed E-state index contributed by atoms with van der Waals surface area (Å²) in [6, 6.07) is 9.77. The second-order valence-corrected chi connectivity index (χ2v) is 7.93. The van der Waals surface area contributed by atoms with E-state index in [0.29, 0.717) is 24.4 Å². The first kappa shape index (κ1) is 19.2. The number of carbonyl (C=O) groups is 2. The number of aryl methyl sites for hydroxylation is 1. The second kappa shape index (κ2) is 8.51. The number of fused-ring (bicyclic) bond motifs is 1. The number of H-pyrrole nitrogens is 1. The lowest BCUT2D eigenvalue weighted by molar-refractivity contribution is -0.121. The summed E-state index contributed by atoms with van der Waals surface area (Å²) in [4.78, 5) is 25.0. The van der Waals surface area contributed by atoms with Gasteiger partial charge in [-0.2, -0.15) is 5.10 Å². The Kier molecular flexibility index (Phi) is 5.64. The topological polar surface area (TPSA) is 91.8 Å². The number of hydrogen-bond donors (Lipinski definition) is 3. The zero-order valence-electron chi connectivity index (χ0n) is 16.6. The quantitative estimate of drug-likeness (QED) is 0.601. The maximum Gasteiger partial charge on any atom is 0.251 e. The van der Waals surface area contributed by atoms with E-state index in [0.717, 1.165) is 42.3 Å². The smallest absolute Gasteiger partial charge is 0.251 e. The van der Waals surface area contributed by atoms with E-state index in [1.165, 1.54) is 0 Å². The van der Waals surface area contributed by atoms with Gasteiger partial charge in [0.15, 0.2) is 0 Å². The Morgan fingerprint density at radius 1 is 1.24 bits per heavy atom. The third-order valence-electron chi connectivity index (χ3n) is 5.78. The molecule has 1 aliphatic rings. The molecular weight excluding hydrogens is 366 g/mol. The molecule has 0 spiro atoms. The molecule has 2 amide bonds. The number of nitrogens with zero attached hydrogens (tertiary/aromatic N) is 2. The lowest BCUT2D eigenvalue weighted by atomic mass is 9.85. The zero-order chi connectivity index (χ0) is 20.2. The van der Waals surface area contributed by atoms with Crippen LogP contribution in [-0.4, -0.2) is 39.2 Å². The first-order chi connectivity index (χ1) is 14.1. The average molecular weight is 393 g/mol. The molecule has 3 N–H and O–H groups in total. The van der Waals surface area contributed by atoms with Gasteiger partial charge >= 0.3 is 0 Å². The summed E-state index contributed by atoms with van der Waals surface area (Å²) in [6.45, 7) is 0.634. The Labute approximate surface area is 169 Å². The number of nitrogens with one attached hydrogen (secondary N) is 3. The molecule has 1 aliphatic carbocycles. The SMILES string of the molecule is Cn1ccc2c(C(=O)NC[C@@H]3CCC[C@H](NC(=O)Cc4ccn[nH]4)C3)cccc21. The van der Waals surface area contributed by atoms with Gasteiger partial charge in [-0.25, -0.2) is 0 Å². The Morgan fingerprint density at radius 3 is 2.97 bits per heavy atom. The fourth-order valence-corrected chi connectivity index (χ4v) is 4.27. The number of amides is 2. The molecule has 0 aliphatic heterocycles. The van der Waals surface area contributed by atoms with E-state index in [2.05, 4.69) is 20.8 Å². The highest BCUT2D eigenvalue weighted by atomic mass is 16.2. The van der Waals surface area contributed by atoms with Gasteiger partial charge in [-0.15, -0.1) is 0 Å². The van der Waals surface area contributed by atoms with Gasteiger partial charge in [-0.3, -0.25) is 14.7 Å². The van der Waals surface area contributed by atoms with E-state index >= 15 is 0 Å². The molecule has 152 valence electrons. The van der Waals surface area contributed by atoms with Crippen molar-refractivity contribution in [1.29, 1.82) is 0 Å². The highest BCUT2D eigenvalue weighted by Crippen LogP contribution is 2.24. The number of aromatic amines is 1. The van der Waals surface area contributed by atoms with Crippen LogP contribution in [-0.2, 0) is 18.3 Å². The molecule has 2 heterocycles. The fraction of sp³-hybridized carbons (Fsp3) is 0.409. The normalized spacial score (nSPS) is 19.2. The summed E-state index contributed by atoms with van der Waals surface area (Å²) in [5, 5.41) is 13.9. The lowest BCUT2D eigenvalue weighted by Gasteiger charge is -2.30. The molecule has 7 heteroatoms. The summed E-state index contributed by atoms with van der Waals surface area (Å²) < 4.78 is 2.02. The molecule has 2 aromatic heterocycles. The second-order valence-electron chi connectivity index (χ2n) is 7.93. The predicted molar refractivity (Wildman–Crippen MR) is 111 cm³/mol. The van der Waals surface area contributed by atoms with Crippen molar-refractivity contribution in [3.05, 3.63) is 54.0 Å². The number of benzene rings is 1. The number of aromatic nitrogens is 3. The third-order valence-corrected chi connectivity index (χ3v) is 5.78. The van der Waals surface area contributed by atoms with Gasteiger partial charge in [0.2, 0.25) is 5.91 Å². The Hall–Kier alpha value is -3.09. The van der Waals surface area contributed by atoms with Crippen molar-refractivity contribution in [2.45, 2.75) is 38.1 Å². The van der Waals surface area contributed by atoms with Crippen LogP contribution in [0.3, 0.4) is 0 Å². The molecule has 1 saturated carbocycles. The summed E-state index contributed by atoms with van der Waals surface area (Å²) in [6.07, 6.45) is 7.95. The minimum Gasteiger partial charge on any atom is -0.353 e. The Balaban J connectivity index is 1.30. The van der Waals surface area contributed by atoms with E-state index in [4.69, 9.17) is 0 Å². The minimum absolute atomic E-state index is 0.0136. The third kappa shape index (κ3) is 4.50. The van der Waals surface area contributed by atoms with Crippen molar-refractivity contribution >= 4 is 22.7 Å². The maximum atomic E-state index is 12.7. The number of rotatable bonds is 6. The summed E-state index contributed by atoms with van der Waals surface area (Å²) >= 11 is 0. The lowest BCUT2D eigenvalue weighted by Crippen LogP contribution is -2.41. The van der Waals surface area contributed by atoms with Gasteiger partial charge in [0, 0.05) is 54.2 Å². The van der Waals surface area contributed by atoms with E-state index in [1.807, 2.05) is 48.1 Å². The van der Waals surface area contributed by atoms with Crippen molar-refractivity contribution in [2.75, 3.05) is 6.54 Å². The van der Waals surface area contributed by atoms with Crippen LogP contribution in [0.2, 0.25) is 0 Å². The average Bonchev–Trinajstić information content (AvgIpc) is 3.36. The monoisotopic (exact) mass is 393 g/mol. The van der Waals surface area contributed by atoms with Crippen LogP contribution in [0.1, 0.15) is 41.7 Å². The van der Waals surface area contributed by atoms with Gasteiger partial charge in [0.25, 0.3) is 5.91 Å². The van der Waals surface area contributed by atoms with Crippen LogP contribution in [0.4, 0.5) is 0 Å². The highest BCUT2D eigenvalue weighted by molar-refractivity contribution is 6.06. The van der Waals surface area contributed by atoms with E-state index in [-0.39, 0.29) is 17.9 Å². The van der Waals surface area contributed by atoms with Crippen LogP contribution in [0.15, 0.2) is 42.7 Å². The zero-order valence-corrected chi connectivity index (χ0v) is 16.6. The van der Waals surface area contributed by atoms with Gasteiger partial charge in [0.05, 0.1) is 6.42 Å². The molecule has 7 nitrogen and oxygen atoms in total.